The molecule has 0 aliphatic carbocycles. The van der Waals surface area contributed by atoms with Gasteiger partial charge in [0.2, 0.25) is 0 Å². The Morgan fingerprint density at radius 3 is 2.38 bits per heavy atom. The molecule has 16 heavy (non-hydrogen) atoms. The van der Waals surface area contributed by atoms with Crippen LogP contribution in [0.1, 0.15) is 41.7 Å². The first-order valence-electron chi connectivity index (χ1n) is 4.99. The Balaban J connectivity index is 2.77. The Hall–Kier alpha value is -1.62. The van der Waals surface area contributed by atoms with E-state index in [2.05, 4.69) is 10.3 Å². The van der Waals surface area contributed by atoms with Crippen LogP contribution in [-0.2, 0) is 0 Å². The smallest absolute Gasteiger partial charge is 0.268 e. The summed E-state index contributed by atoms with van der Waals surface area (Å²) in [4.78, 5) is 25.4. The van der Waals surface area contributed by atoms with Gasteiger partial charge in [0.05, 0.1) is 17.8 Å². The third-order valence-electron chi connectivity index (χ3n) is 2.16. The molecule has 1 heterocycles. The van der Waals surface area contributed by atoms with E-state index < -0.39 is 5.54 Å². The van der Waals surface area contributed by atoms with E-state index in [0.717, 1.165) is 0 Å². The highest BCUT2D eigenvalue weighted by atomic mass is 16.3. The molecule has 0 saturated carbocycles. The fraction of sp³-hybridized carbons (Fsp3) is 0.455. The SMILES string of the molecule is CC(=O)c1ccc(C(=O)NC(C)(C)CO)[nH]1. The number of carbonyl (C=O) groups excluding carboxylic acids is 2. The third-order valence-corrected chi connectivity index (χ3v) is 2.16. The van der Waals surface area contributed by atoms with Crippen LogP contribution in [-0.4, -0.2) is 33.9 Å². The molecule has 3 N–H and O–H groups in total. The second kappa shape index (κ2) is 4.49. The first-order valence-corrected chi connectivity index (χ1v) is 4.99. The topological polar surface area (TPSA) is 82.2 Å². The fourth-order valence-corrected chi connectivity index (χ4v) is 1.15. The number of amides is 1. The van der Waals surface area contributed by atoms with Crippen LogP contribution in [0.15, 0.2) is 12.1 Å². The molecule has 88 valence electrons. The lowest BCUT2D eigenvalue weighted by Gasteiger charge is -2.22. The van der Waals surface area contributed by atoms with Gasteiger partial charge in [-0.1, -0.05) is 0 Å². The van der Waals surface area contributed by atoms with Crippen LogP contribution in [0.2, 0.25) is 0 Å². The number of H-pyrrole nitrogens is 1. The molecule has 0 saturated heterocycles. The molecular formula is C11H16N2O3. The maximum absolute atomic E-state index is 11.7. The van der Waals surface area contributed by atoms with Gasteiger partial charge in [0.15, 0.2) is 5.78 Å². The maximum Gasteiger partial charge on any atom is 0.268 e. The minimum absolute atomic E-state index is 0.125. The number of aromatic amines is 1. The molecule has 0 fully saturated rings. The summed E-state index contributed by atoms with van der Waals surface area (Å²) in [6, 6.07) is 3.10. The monoisotopic (exact) mass is 224 g/mol. The van der Waals surface area contributed by atoms with Crippen LogP contribution < -0.4 is 5.32 Å². The van der Waals surface area contributed by atoms with E-state index in [1.807, 2.05) is 0 Å². The van der Waals surface area contributed by atoms with Crippen molar-refractivity contribution in [2.75, 3.05) is 6.61 Å². The van der Waals surface area contributed by atoms with Crippen LogP contribution in [0.3, 0.4) is 0 Å². The van der Waals surface area contributed by atoms with Crippen molar-refractivity contribution in [3.63, 3.8) is 0 Å². The summed E-state index contributed by atoms with van der Waals surface area (Å²) in [6.07, 6.45) is 0. The zero-order chi connectivity index (χ0) is 12.3. The van der Waals surface area contributed by atoms with E-state index >= 15 is 0 Å². The van der Waals surface area contributed by atoms with Gasteiger partial charge in [0.25, 0.3) is 5.91 Å². The maximum atomic E-state index is 11.7. The van der Waals surface area contributed by atoms with E-state index in [0.29, 0.717) is 11.4 Å². The fourth-order valence-electron chi connectivity index (χ4n) is 1.15. The van der Waals surface area contributed by atoms with Crippen LogP contribution in [0.25, 0.3) is 0 Å². The Morgan fingerprint density at radius 2 is 1.94 bits per heavy atom. The van der Waals surface area contributed by atoms with Gasteiger partial charge in [-0.2, -0.15) is 0 Å². The average Bonchev–Trinajstić information content (AvgIpc) is 2.66. The summed E-state index contributed by atoms with van der Waals surface area (Å²) in [7, 11) is 0. The molecule has 5 nitrogen and oxygen atoms in total. The number of nitrogens with one attached hydrogen (secondary N) is 2. The minimum Gasteiger partial charge on any atom is -0.394 e. The summed E-state index contributed by atoms with van der Waals surface area (Å²) < 4.78 is 0. The van der Waals surface area contributed by atoms with Crippen LogP contribution >= 0.6 is 0 Å². The predicted molar refractivity (Wildman–Crippen MR) is 59.4 cm³/mol. The van der Waals surface area contributed by atoms with Gasteiger partial charge in [0.1, 0.15) is 5.69 Å². The Morgan fingerprint density at radius 1 is 1.38 bits per heavy atom. The zero-order valence-electron chi connectivity index (χ0n) is 9.63. The lowest BCUT2D eigenvalue weighted by molar-refractivity contribution is 0.0865. The van der Waals surface area contributed by atoms with Gasteiger partial charge in [-0.3, -0.25) is 9.59 Å². The van der Waals surface area contributed by atoms with Crippen LogP contribution in [0.4, 0.5) is 0 Å². The Kier molecular flexibility index (Phi) is 3.49. The van der Waals surface area contributed by atoms with Gasteiger partial charge in [-0.05, 0) is 26.0 Å². The van der Waals surface area contributed by atoms with Crippen molar-refractivity contribution in [1.29, 1.82) is 0 Å². The van der Waals surface area contributed by atoms with Crippen molar-refractivity contribution < 1.29 is 14.7 Å². The van der Waals surface area contributed by atoms with Crippen molar-refractivity contribution in [1.82, 2.24) is 10.3 Å². The normalized spacial score (nSPS) is 11.2. The molecule has 0 aliphatic rings. The molecule has 0 atom stereocenters. The highest BCUT2D eigenvalue weighted by Crippen LogP contribution is 2.06. The average molecular weight is 224 g/mol. The van der Waals surface area contributed by atoms with Crippen molar-refractivity contribution in [2.45, 2.75) is 26.3 Å². The van der Waals surface area contributed by atoms with Crippen molar-refractivity contribution in [3.05, 3.63) is 23.5 Å². The molecule has 0 spiro atoms. The molecular weight excluding hydrogens is 208 g/mol. The number of aliphatic hydroxyl groups is 1. The molecule has 1 aromatic heterocycles. The molecule has 0 aromatic carbocycles. The van der Waals surface area contributed by atoms with Gasteiger partial charge in [0, 0.05) is 6.92 Å². The minimum atomic E-state index is -0.682. The summed E-state index contributed by atoms with van der Waals surface area (Å²) in [5.41, 5.74) is 0.0251. The van der Waals surface area contributed by atoms with E-state index in [9.17, 15) is 9.59 Å². The largest absolute Gasteiger partial charge is 0.394 e. The summed E-state index contributed by atoms with van der Waals surface area (Å²) >= 11 is 0. The second-order valence-corrected chi connectivity index (χ2v) is 4.34. The van der Waals surface area contributed by atoms with Gasteiger partial charge in [-0.25, -0.2) is 0 Å². The lowest BCUT2D eigenvalue weighted by Crippen LogP contribution is -2.46. The number of ketones is 1. The first-order chi connectivity index (χ1) is 7.35. The van der Waals surface area contributed by atoms with Crippen molar-refractivity contribution >= 4 is 11.7 Å². The molecule has 0 radical (unpaired) electrons. The van der Waals surface area contributed by atoms with E-state index in [1.165, 1.54) is 6.92 Å². The molecule has 1 amide bonds. The number of rotatable bonds is 4. The number of hydrogen-bond acceptors (Lipinski definition) is 3. The van der Waals surface area contributed by atoms with E-state index in [1.54, 1.807) is 26.0 Å². The van der Waals surface area contributed by atoms with Gasteiger partial charge >= 0.3 is 0 Å². The number of Topliss-reactive ketones (excluding diaryl/α,β-unsaturated/α-hetero) is 1. The number of aromatic nitrogens is 1. The summed E-state index contributed by atoms with van der Waals surface area (Å²) in [5, 5.41) is 11.6. The molecule has 5 heteroatoms. The predicted octanol–water partition coefficient (Wildman–Crippen LogP) is 0.718. The van der Waals surface area contributed by atoms with Crippen LogP contribution in [0.5, 0.6) is 0 Å². The molecule has 0 bridgehead atoms. The van der Waals surface area contributed by atoms with Gasteiger partial charge < -0.3 is 15.4 Å². The van der Waals surface area contributed by atoms with E-state index in [4.69, 9.17) is 5.11 Å². The standard InChI is InChI=1S/C11H16N2O3/c1-7(15)8-4-5-9(12-8)10(16)13-11(2,3)6-14/h4-5,12,14H,6H2,1-3H3,(H,13,16). The van der Waals surface area contributed by atoms with Gasteiger partial charge in [-0.15, -0.1) is 0 Å². The second-order valence-electron chi connectivity index (χ2n) is 4.34. The number of aliphatic hydroxyl groups excluding tert-OH is 1. The Bertz CT molecular complexity index is 407. The van der Waals surface area contributed by atoms with E-state index in [-0.39, 0.29) is 18.3 Å². The molecule has 0 aliphatic heterocycles. The molecule has 1 rings (SSSR count). The van der Waals surface area contributed by atoms with Crippen LogP contribution in [0, 0.1) is 0 Å². The van der Waals surface area contributed by atoms with Crippen molar-refractivity contribution in [3.8, 4) is 0 Å². The van der Waals surface area contributed by atoms with Crippen molar-refractivity contribution in [2.24, 2.45) is 0 Å². The summed E-state index contributed by atoms with van der Waals surface area (Å²) in [6.45, 7) is 4.68. The highest BCUT2D eigenvalue weighted by Gasteiger charge is 2.20. The first kappa shape index (κ1) is 12.4. The molecule has 1 aromatic rings. The third kappa shape index (κ3) is 2.93. The number of hydrogen-bond donors (Lipinski definition) is 3. The number of carbonyl (C=O) groups is 2. The summed E-state index contributed by atoms with van der Waals surface area (Å²) in [5.74, 6) is -0.466. The Labute approximate surface area is 93.9 Å². The molecule has 0 unspecified atom stereocenters. The highest BCUT2D eigenvalue weighted by molar-refractivity contribution is 5.97. The zero-order valence-corrected chi connectivity index (χ0v) is 9.63. The quantitative estimate of drug-likeness (QED) is 0.659. The lowest BCUT2D eigenvalue weighted by atomic mass is 10.1.